The number of thiophene rings is 1. The average Bonchev–Trinajstić information content (AvgIpc) is 2.91. The third kappa shape index (κ3) is 4.32. The second kappa shape index (κ2) is 7.42. The van der Waals surface area contributed by atoms with E-state index in [0.717, 1.165) is 16.9 Å². The highest BCUT2D eigenvalue weighted by atomic mass is 32.1. The van der Waals surface area contributed by atoms with E-state index < -0.39 is 6.10 Å². The first-order valence-corrected chi connectivity index (χ1v) is 8.12. The Balaban J connectivity index is 1.90. The number of aliphatic hydroxyl groups excluding tert-OH is 1. The molecular formula is C17H21NO3S. The molecule has 1 amide bonds. The third-order valence-electron chi connectivity index (χ3n) is 3.16. The molecule has 1 unspecified atom stereocenters. The topological polar surface area (TPSA) is 58.6 Å². The van der Waals surface area contributed by atoms with Gasteiger partial charge in [-0.05, 0) is 55.5 Å². The van der Waals surface area contributed by atoms with Crippen molar-refractivity contribution in [3.05, 3.63) is 51.7 Å². The minimum atomic E-state index is -0.739. The second-order valence-corrected chi connectivity index (χ2v) is 6.31. The number of nitrogens with one attached hydrogen (secondary N) is 1. The Morgan fingerprint density at radius 1 is 1.27 bits per heavy atom. The van der Waals surface area contributed by atoms with Gasteiger partial charge in [0.15, 0.2) is 0 Å². The lowest BCUT2D eigenvalue weighted by atomic mass is 10.1. The number of aryl methyl sites for hydroxylation is 1. The first-order chi connectivity index (χ1) is 10.5. The quantitative estimate of drug-likeness (QED) is 0.859. The van der Waals surface area contributed by atoms with Crippen molar-refractivity contribution in [2.24, 2.45) is 0 Å². The molecule has 2 rings (SSSR count). The molecule has 0 aliphatic rings. The van der Waals surface area contributed by atoms with Gasteiger partial charge in [0.1, 0.15) is 5.75 Å². The van der Waals surface area contributed by atoms with Crippen LogP contribution in [-0.4, -0.2) is 23.7 Å². The summed E-state index contributed by atoms with van der Waals surface area (Å²) in [6.45, 7) is 6.01. The van der Waals surface area contributed by atoms with Gasteiger partial charge in [-0.15, -0.1) is 11.3 Å². The van der Waals surface area contributed by atoms with Gasteiger partial charge in [-0.25, -0.2) is 0 Å². The van der Waals surface area contributed by atoms with Crippen LogP contribution in [0.2, 0.25) is 0 Å². The van der Waals surface area contributed by atoms with Crippen molar-refractivity contribution in [3.8, 4) is 5.75 Å². The van der Waals surface area contributed by atoms with Gasteiger partial charge in [-0.3, -0.25) is 4.79 Å². The molecule has 1 atom stereocenters. The van der Waals surface area contributed by atoms with Crippen LogP contribution in [0.5, 0.6) is 5.75 Å². The first-order valence-electron chi connectivity index (χ1n) is 7.24. The molecule has 0 fully saturated rings. The summed E-state index contributed by atoms with van der Waals surface area (Å²) < 4.78 is 5.56. The van der Waals surface area contributed by atoms with Crippen LogP contribution in [0.15, 0.2) is 35.7 Å². The highest BCUT2D eigenvalue weighted by molar-refractivity contribution is 7.12. The highest BCUT2D eigenvalue weighted by Gasteiger charge is 2.13. The van der Waals surface area contributed by atoms with E-state index in [4.69, 9.17) is 4.74 Å². The largest absolute Gasteiger partial charge is 0.491 e. The Kier molecular flexibility index (Phi) is 5.57. The molecule has 0 bridgehead atoms. The summed E-state index contributed by atoms with van der Waals surface area (Å²) >= 11 is 1.40. The second-order valence-electron chi connectivity index (χ2n) is 5.39. The van der Waals surface area contributed by atoms with Crippen LogP contribution in [0.3, 0.4) is 0 Å². The fourth-order valence-corrected chi connectivity index (χ4v) is 2.87. The van der Waals surface area contributed by atoms with E-state index in [9.17, 15) is 9.90 Å². The molecule has 22 heavy (non-hydrogen) atoms. The Labute approximate surface area is 134 Å². The standard InChI is InChI=1S/C17H21NO3S/c1-11(2)21-14-6-4-13(5-7-14)15(19)10-18-17(20)16-12(3)8-9-22-16/h4-9,11,15,19H,10H2,1-3H3,(H,18,20). The van der Waals surface area contributed by atoms with E-state index in [1.807, 2.05) is 56.5 Å². The molecule has 1 aromatic heterocycles. The third-order valence-corrected chi connectivity index (χ3v) is 4.18. The number of rotatable bonds is 6. The average molecular weight is 319 g/mol. The fraction of sp³-hybridized carbons (Fsp3) is 0.353. The molecule has 1 heterocycles. The van der Waals surface area contributed by atoms with Gasteiger partial charge in [0.05, 0.1) is 17.1 Å². The van der Waals surface area contributed by atoms with Crippen molar-refractivity contribution in [3.63, 3.8) is 0 Å². The highest BCUT2D eigenvalue weighted by Crippen LogP contribution is 2.19. The molecule has 0 saturated heterocycles. The van der Waals surface area contributed by atoms with E-state index in [1.54, 1.807) is 0 Å². The molecule has 0 aliphatic carbocycles. The molecule has 2 N–H and O–H groups in total. The van der Waals surface area contributed by atoms with E-state index in [2.05, 4.69) is 5.32 Å². The first kappa shape index (κ1) is 16.5. The van der Waals surface area contributed by atoms with Crippen molar-refractivity contribution in [2.45, 2.75) is 33.0 Å². The molecule has 0 aliphatic heterocycles. The molecule has 0 radical (unpaired) electrons. The number of ether oxygens (including phenoxy) is 1. The molecule has 2 aromatic rings. The number of aliphatic hydroxyl groups is 1. The minimum absolute atomic E-state index is 0.115. The maximum absolute atomic E-state index is 12.0. The van der Waals surface area contributed by atoms with Gasteiger partial charge in [0, 0.05) is 6.54 Å². The molecule has 0 saturated carbocycles. The van der Waals surface area contributed by atoms with Gasteiger partial charge in [0.25, 0.3) is 5.91 Å². The summed E-state index contributed by atoms with van der Waals surface area (Å²) in [7, 11) is 0. The van der Waals surface area contributed by atoms with Crippen LogP contribution in [0.4, 0.5) is 0 Å². The van der Waals surface area contributed by atoms with Crippen LogP contribution in [0.25, 0.3) is 0 Å². The fourth-order valence-electron chi connectivity index (χ4n) is 2.03. The Morgan fingerprint density at radius 3 is 2.50 bits per heavy atom. The number of hydrogen-bond donors (Lipinski definition) is 2. The van der Waals surface area contributed by atoms with E-state index >= 15 is 0 Å². The maximum Gasteiger partial charge on any atom is 0.261 e. The normalized spacial score (nSPS) is 12.2. The zero-order valence-electron chi connectivity index (χ0n) is 13.0. The van der Waals surface area contributed by atoms with Crippen LogP contribution in [0, 0.1) is 6.92 Å². The molecule has 0 spiro atoms. The number of carbonyl (C=O) groups is 1. The molecule has 5 heteroatoms. The van der Waals surface area contributed by atoms with Gasteiger partial charge in [-0.1, -0.05) is 12.1 Å². The molecule has 118 valence electrons. The minimum Gasteiger partial charge on any atom is -0.491 e. The van der Waals surface area contributed by atoms with Crippen LogP contribution in [-0.2, 0) is 0 Å². The van der Waals surface area contributed by atoms with Crippen molar-refractivity contribution < 1.29 is 14.6 Å². The van der Waals surface area contributed by atoms with Gasteiger partial charge in [-0.2, -0.15) is 0 Å². The SMILES string of the molecule is Cc1ccsc1C(=O)NCC(O)c1ccc(OC(C)C)cc1. The van der Waals surface area contributed by atoms with Crippen molar-refractivity contribution in [1.82, 2.24) is 5.32 Å². The zero-order valence-corrected chi connectivity index (χ0v) is 13.8. The van der Waals surface area contributed by atoms with E-state index in [1.165, 1.54) is 11.3 Å². The molecule has 4 nitrogen and oxygen atoms in total. The van der Waals surface area contributed by atoms with Crippen LogP contribution < -0.4 is 10.1 Å². The Hall–Kier alpha value is -1.85. The Morgan fingerprint density at radius 2 is 1.95 bits per heavy atom. The van der Waals surface area contributed by atoms with Crippen molar-refractivity contribution in [1.29, 1.82) is 0 Å². The number of carbonyl (C=O) groups excluding carboxylic acids is 1. The van der Waals surface area contributed by atoms with E-state index in [-0.39, 0.29) is 18.6 Å². The predicted molar refractivity (Wildman–Crippen MR) is 88.6 cm³/mol. The van der Waals surface area contributed by atoms with Gasteiger partial charge in [0.2, 0.25) is 0 Å². The zero-order chi connectivity index (χ0) is 16.1. The number of hydrogen-bond acceptors (Lipinski definition) is 4. The van der Waals surface area contributed by atoms with Crippen molar-refractivity contribution in [2.75, 3.05) is 6.54 Å². The molecule has 1 aromatic carbocycles. The lowest BCUT2D eigenvalue weighted by Gasteiger charge is -2.14. The summed E-state index contributed by atoms with van der Waals surface area (Å²) in [5.41, 5.74) is 1.70. The summed E-state index contributed by atoms with van der Waals surface area (Å²) in [6.07, 6.45) is -0.624. The summed E-state index contributed by atoms with van der Waals surface area (Å²) in [5.74, 6) is 0.621. The summed E-state index contributed by atoms with van der Waals surface area (Å²) in [6, 6.07) is 9.17. The lowest BCUT2D eigenvalue weighted by Crippen LogP contribution is -2.28. The Bertz CT molecular complexity index is 619. The number of benzene rings is 1. The van der Waals surface area contributed by atoms with Gasteiger partial charge >= 0.3 is 0 Å². The lowest BCUT2D eigenvalue weighted by molar-refractivity contribution is 0.0919. The summed E-state index contributed by atoms with van der Waals surface area (Å²) in [4.78, 5) is 12.7. The van der Waals surface area contributed by atoms with E-state index in [0.29, 0.717) is 4.88 Å². The maximum atomic E-state index is 12.0. The monoisotopic (exact) mass is 319 g/mol. The van der Waals surface area contributed by atoms with Crippen LogP contribution in [0.1, 0.15) is 40.8 Å². The van der Waals surface area contributed by atoms with Gasteiger partial charge < -0.3 is 15.2 Å². The number of amides is 1. The smallest absolute Gasteiger partial charge is 0.261 e. The van der Waals surface area contributed by atoms with Crippen LogP contribution >= 0.6 is 11.3 Å². The summed E-state index contributed by atoms with van der Waals surface area (Å²) in [5, 5.41) is 14.8. The molecular weight excluding hydrogens is 298 g/mol. The van der Waals surface area contributed by atoms with Crippen molar-refractivity contribution >= 4 is 17.2 Å². The predicted octanol–water partition coefficient (Wildman–Crippen LogP) is 3.31.